The Kier molecular flexibility index (Phi) is 28.8. The van der Waals surface area contributed by atoms with Crippen molar-refractivity contribution in [2.45, 2.75) is 190 Å². The fourth-order valence-corrected chi connectivity index (χ4v) is 16.4. The van der Waals surface area contributed by atoms with Crippen LogP contribution in [0.5, 0.6) is 23.0 Å². The van der Waals surface area contributed by atoms with Gasteiger partial charge in [-0.15, -0.1) is 5.10 Å². The van der Waals surface area contributed by atoms with E-state index in [1.165, 1.54) is 57.7 Å². The van der Waals surface area contributed by atoms with Crippen molar-refractivity contribution in [2.75, 3.05) is 85.4 Å². The predicted molar refractivity (Wildman–Crippen MR) is 427 cm³/mol. The summed E-state index contributed by atoms with van der Waals surface area (Å²) in [6.45, 7) is 5.14. The first-order valence-electron chi connectivity index (χ1n) is 40.6. The summed E-state index contributed by atoms with van der Waals surface area (Å²) in [7, 11) is 4.29. The minimum absolute atomic E-state index is 0.00453. The molecule has 39 nitrogen and oxygen atoms in total. The first kappa shape index (κ1) is 89.6. The van der Waals surface area contributed by atoms with Gasteiger partial charge in [0.1, 0.15) is 71.4 Å². The fourth-order valence-electron chi connectivity index (χ4n) is 16.4. The molecule has 14 unspecified atom stereocenters. The van der Waals surface area contributed by atoms with Gasteiger partial charge in [-0.25, -0.2) is 14.3 Å². The van der Waals surface area contributed by atoms with Crippen LogP contribution in [-0.2, 0) is 102 Å². The number of carbonyl (C=O) groups excluding carboxylic acids is 9. The number of phenolic OH excluding ortho intramolecular Hbond substituents is 2. The number of carboxylic acids is 1. The molecule has 6 aromatic rings. The van der Waals surface area contributed by atoms with Crippen molar-refractivity contribution in [2.24, 2.45) is 0 Å². The van der Waals surface area contributed by atoms with Crippen LogP contribution in [0.1, 0.15) is 144 Å². The number of ether oxygens (including phenoxy) is 11. The number of rotatable bonds is 34. The molecule has 13 N–H and O–H groups in total. The van der Waals surface area contributed by atoms with Gasteiger partial charge in [-0.2, -0.15) is 0 Å². The third kappa shape index (κ3) is 19.6. The molecular weight excluding hydrogens is 1610 g/mol. The largest absolute Gasteiger partial charge is 0.507 e. The normalized spacial score (nSPS) is 23.9. The first-order valence-corrected chi connectivity index (χ1v) is 40.6. The zero-order valence-electron chi connectivity index (χ0n) is 68.5. The molecule has 0 radical (unpaired) electrons. The van der Waals surface area contributed by atoms with E-state index in [0.717, 1.165) is 22.4 Å². The maximum Gasteiger partial charge on any atom is 0.407 e. The van der Waals surface area contributed by atoms with Crippen molar-refractivity contribution in [1.29, 1.82) is 0 Å². The molecule has 4 fully saturated rings. The molecule has 5 aromatic carbocycles. The number of hydrogen-bond acceptors (Lipinski definition) is 30. The number of alkyl carbamates (subject to hydrolysis) is 1. The summed E-state index contributed by atoms with van der Waals surface area (Å²) in [5, 5.41) is 104. The van der Waals surface area contributed by atoms with Crippen molar-refractivity contribution < 1.29 is 136 Å². The Morgan fingerprint density at radius 3 is 2.22 bits per heavy atom. The predicted octanol–water partition coefficient (Wildman–Crippen LogP) is 1.85. The zero-order chi connectivity index (χ0) is 87.7. The fraction of sp³-hybridized carbons (Fsp3) is 0.500. The van der Waals surface area contributed by atoms with E-state index < -0.39 is 181 Å². The Morgan fingerprint density at radius 1 is 0.715 bits per heavy atom. The highest BCUT2D eigenvalue weighted by Gasteiger charge is 2.56. The van der Waals surface area contributed by atoms with E-state index in [9.17, 15) is 83.7 Å². The number of phenols is 2. The van der Waals surface area contributed by atoms with Gasteiger partial charge in [0.25, 0.3) is 5.91 Å². The summed E-state index contributed by atoms with van der Waals surface area (Å²) in [6, 6.07) is 21.9. The average Bonchev–Trinajstić information content (AvgIpc) is 1.35. The summed E-state index contributed by atoms with van der Waals surface area (Å²) in [4.78, 5) is 141. The number of nitrogens with one attached hydrogen (secondary N) is 6. The van der Waals surface area contributed by atoms with Crippen molar-refractivity contribution >= 4 is 64.8 Å². The van der Waals surface area contributed by atoms with Gasteiger partial charge in [0.15, 0.2) is 30.7 Å². The molecule has 14 atom stereocenters. The van der Waals surface area contributed by atoms with E-state index in [0.29, 0.717) is 31.1 Å². The number of methoxy groups -OCH3 is 3. The smallest absolute Gasteiger partial charge is 0.407 e. The molecule has 7 amide bonds. The number of amides is 7. The lowest BCUT2D eigenvalue weighted by Gasteiger charge is -2.43. The standard InChI is InChI=1S/C84H101N11O28/c1-42(2)95-67-47-15-8-7-14-45(47)40-94(52-18-10-9-16-48(52)66(67)91-92-95)60(99)21-12-11-20-59(98)90-51(39-89-58(97)25-30-116-33-32-113-4)77(107)85-26-24-57(96)88-38-46-34-44(22-23-54(46)121-80-74(106)72(104)73(105)76(123-80)79(108)109)41-118-83(111)87-28-27-86-82(110)84(112)36-50-63(71(103)65-64(69(50)101)68(100)49-17-13-19-55(114-5)62(49)70(65)102)56(37-84)120-61-35-53-75(43(3)119-61)122-78-81(115-6)117-31-29-93(53)78/h7-10,13-19,22-23,34,42-43,51,53,56,61,72-76,78,80-81,101,103-106,112H,11-12,20-21,24-33,35-41H2,1-6H3,(H,85,107)(H,86,110)(H,87,111)(H,88,96)(H,89,97)(H,90,98)(H,108,109). The second kappa shape index (κ2) is 39.6. The molecular formula is C84H101N11O28. The lowest BCUT2D eigenvalue weighted by molar-refractivity contribution is -0.271. The van der Waals surface area contributed by atoms with Gasteiger partial charge in [0.2, 0.25) is 41.6 Å². The number of unbranched alkanes of at least 4 members (excludes halogenated alkanes) is 1. The van der Waals surface area contributed by atoms with Crippen LogP contribution in [0, 0.1) is 0 Å². The summed E-state index contributed by atoms with van der Waals surface area (Å²) in [5.74, 6) is -8.84. The number of para-hydroxylation sites is 1. The maximum atomic E-state index is 14.4. The second-order valence-electron chi connectivity index (χ2n) is 31.0. The van der Waals surface area contributed by atoms with E-state index in [-0.39, 0.29) is 154 Å². The Morgan fingerprint density at radius 2 is 1.46 bits per heavy atom. The number of fused-ring (bicyclic) bond motifs is 11. The van der Waals surface area contributed by atoms with Gasteiger partial charge >= 0.3 is 12.1 Å². The minimum atomic E-state index is -2.48. The van der Waals surface area contributed by atoms with Crippen LogP contribution in [0.3, 0.4) is 0 Å². The van der Waals surface area contributed by atoms with Gasteiger partial charge in [-0.1, -0.05) is 65.9 Å². The molecule has 39 heteroatoms. The molecule has 7 aliphatic rings. The molecule has 0 saturated carbocycles. The lowest BCUT2D eigenvalue weighted by atomic mass is 9.72. The van der Waals surface area contributed by atoms with E-state index >= 15 is 0 Å². The second-order valence-corrected chi connectivity index (χ2v) is 31.0. The monoisotopic (exact) mass is 1710 g/mol. The van der Waals surface area contributed by atoms with Crippen LogP contribution in [0.2, 0.25) is 0 Å². The number of hydrogen-bond donors (Lipinski definition) is 13. The van der Waals surface area contributed by atoms with Crippen molar-refractivity contribution in [3.63, 3.8) is 0 Å². The van der Waals surface area contributed by atoms with Gasteiger partial charge in [-0.3, -0.25) is 43.3 Å². The lowest BCUT2D eigenvalue weighted by Crippen LogP contribution is -2.61. The SMILES string of the molecule is COCCOCCC(=O)NCC(NC(=O)CCCCC(=O)N1Cc2ccccc2-c2c(nnn2C(C)C)-c2ccccc21)C(=O)NCCC(=O)NCc1cc(COC(=O)NCCNC(=O)C2(O)Cc3c(O)c4c(c(O)c3C(OC3CC5C(OC6C(OC)OCCN56)C(C)O3)C2)C(=O)c2c(OC)cccc2C4=O)ccc1OC1OC(C(=O)O)C(O)C(O)C1O. The number of aliphatic carboxylic acids is 1. The number of benzene rings is 5. The van der Waals surface area contributed by atoms with Crippen LogP contribution >= 0.6 is 0 Å². The number of anilines is 1. The number of aromatic nitrogens is 3. The molecule has 13 rings (SSSR count). The minimum Gasteiger partial charge on any atom is -0.507 e. The Bertz CT molecular complexity index is 4950. The summed E-state index contributed by atoms with van der Waals surface area (Å²) in [5.41, 5.74) is 0.613. The number of morpholine rings is 1. The quantitative estimate of drug-likeness (QED) is 0.0202. The molecule has 1 aromatic heterocycles. The number of carboxylic acid groups (broad SMARTS) is 1. The molecule has 4 saturated heterocycles. The van der Waals surface area contributed by atoms with Crippen molar-refractivity contribution in [3.8, 4) is 45.5 Å². The molecule has 0 spiro atoms. The third-order valence-electron chi connectivity index (χ3n) is 22.6. The van der Waals surface area contributed by atoms with Crippen LogP contribution in [0.15, 0.2) is 84.9 Å². The van der Waals surface area contributed by atoms with Gasteiger partial charge < -0.3 is 125 Å². The number of carbonyl (C=O) groups is 10. The molecule has 660 valence electrons. The highest BCUT2D eigenvalue weighted by atomic mass is 16.7. The van der Waals surface area contributed by atoms with Crippen molar-refractivity contribution in [1.82, 2.24) is 51.8 Å². The number of aliphatic hydroxyl groups is 4. The van der Waals surface area contributed by atoms with Gasteiger partial charge in [0, 0.05) is 144 Å². The first-order chi connectivity index (χ1) is 59.1. The summed E-state index contributed by atoms with van der Waals surface area (Å²) >= 11 is 0. The van der Waals surface area contributed by atoms with Gasteiger partial charge in [-0.05, 0) is 69.0 Å². The van der Waals surface area contributed by atoms with E-state index in [4.69, 9.17) is 52.1 Å². The van der Waals surface area contributed by atoms with Crippen LogP contribution in [0.4, 0.5) is 10.5 Å². The molecule has 5 aliphatic heterocycles. The topological polar surface area (TPSA) is 523 Å². The van der Waals surface area contributed by atoms with E-state index in [1.54, 1.807) is 11.8 Å². The molecule has 6 heterocycles. The highest BCUT2D eigenvalue weighted by molar-refractivity contribution is 6.31. The molecule has 0 bridgehead atoms. The average molecular weight is 1710 g/mol. The van der Waals surface area contributed by atoms with Crippen LogP contribution in [0.25, 0.3) is 22.5 Å². The van der Waals surface area contributed by atoms with Gasteiger partial charge in [0.05, 0.1) is 80.4 Å². The van der Waals surface area contributed by atoms with Crippen molar-refractivity contribution in [3.05, 3.63) is 135 Å². The maximum absolute atomic E-state index is 14.4. The number of aliphatic hydroxyl groups excluding tert-OH is 3. The number of aromatic hydroxyl groups is 2. The Hall–Kier alpha value is -11.2. The molecule has 2 aliphatic carbocycles. The van der Waals surface area contributed by atoms with Crippen LogP contribution < -0.4 is 46.3 Å². The molecule has 123 heavy (non-hydrogen) atoms. The Labute approximate surface area is 705 Å². The van der Waals surface area contributed by atoms with E-state index in [2.05, 4.69) is 47.1 Å². The summed E-state index contributed by atoms with van der Waals surface area (Å²) in [6.07, 6.45) is -17.4. The zero-order valence-corrected chi connectivity index (χ0v) is 68.5. The summed E-state index contributed by atoms with van der Waals surface area (Å²) < 4.78 is 65.2. The van der Waals surface area contributed by atoms with E-state index in [1.807, 2.05) is 67.1 Å². The van der Waals surface area contributed by atoms with Crippen LogP contribution in [-0.4, -0.2) is 275 Å². The highest BCUT2D eigenvalue weighted by Crippen LogP contribution is 2.54. The Balaban J connectivity index is 0.632. The third-order valence-corrected chi connectivity index (χ3v) is 22.6. The number of ketones is 2. The number of nitrogens with zero attached hydrogens (tertiary/aromatic N) is 5.